The highest BCUT2D eigenvalue weighted by molar-refractivity contribution is 5.86. The van der Waals surface area contributed by atoms with Crippen LogP contribution in [-0.4, -0.2) is 11.7 Å². The normalized spacial score (nSPS) is 27.1. The minimum Gasteiger partial charge on any atom is -0.369 e. The summed E-state index contributed by atoms with van der Waals surface area (Å²) in [4.78, 5) is 0. The Morgan fingerprint density at radius 1 is 1.50 bits per heavy atom. The Morgan fingerprint density at radius 3 is 2.83 bits per heavy atom. The predicted octanol–water partition coefficient (Wildman–Crippen LogP) is 0.826. The summed E-state index contributed by atoms with van der Waals surface area (Å²) in [5.41, 5.74) is 11.5. The SMILES string of the molecule is CC1CCCC(=NN=C(N)N)C1. The molecule has 1 rings (SSSR count). The molecule has 0 heterocycles. The van der Waals surface area contributed by atoms with Gasteiger partial charge in [-0.15, -0.1) is 5.10 Å². The summed E-state index contributed by atoms with van der Waals surface area (Å²) in [6, 6.07) is 0. The highest BCUT2D eigenvalue weighted by Crippen LogP contribution is 2.21. The first kappa shape index (κ1) is 9.03. The number of guanidine groups is 1. The third kappa shape index (κ3) is 2.90. The molecule has 4 heteroatoms. The van der Waals surface area contributed by atoms with Crippen LogP contribution in [-0.2, 0) is 0 Å². The minimum absolute atomic E-state index is 0.0423. The zero-order chi connectivity index (χ0) is 8.97. The van der Waals surface area contributed by atoms with Crippen LogP contribution in [0.4, 0.5) is 0 Å². The molecule has 0 aromatic rings. The van der Waals surface area contributed by atoms with E-state index in [4.69, 9.17) is 11.5 Å². The maximum absolute atomic E-state index is 5.16. The van der Waals surface area contributed by atoms with Crippen LogP contribution < -0.4 is 11.5 Å². The summed E-state index contributed by atoms with van der Waals surface area (Å²) < 4.78 is 0. The van der Waals surface area contributed by atoms with Crippen molar-refractivity contribution in [2.24, 2.45) is 27.6 Å². The third-order valence-electron chi connectivity index (χ3n) is 2.05. The van der Waals surface area contributed by atoms with Crippen LogP contribution in [0.3, 0.4) is 0 Å². The average molecular weight is 168 g/mol. The summed E-state index contributed by atoms with van der Waals surface area (Å²) in [5, 5.41) is 7.63. The molecule has 0 aromatic carbocycles. The van der Waals surface area contributed by atoms with E-state index in [0.717, 1.165) is 24.5 Å². The lowest BCUT2D eigenvalue weighted by molar-refractivity contribution is 0.499. The lowest BCUT2D eigenvalue weighted by Crippen LogP contribution is -2.22. The highest BCUT2D eigenvalue weighted by Gasteiger charge is 2.13. The highest BCUT2D eigenvalue weighted by atomic mass is 15.3. The van der Waals surface area contributed by atoms with Gasteiger partial charge >= 0.3 is 0 Å². The smallest absolute Gasteiger partial charge is 0.211 e. The molecule has 0 aliphatic heterocycles. The monoisotopic (exact) mass is 168 g/mol. The molecule has 1 unspecified atom stereocenters. The first-order chi connectivity index (χ1) is 5.68. The van der Waals surface area contributed by atoms with E-state index in [0.29, 0.717) is 0 Å². The third-order valence-corrected chi connectivity index (χ3v) is 2.05. The van der Waals surface area contributed by atoms with Crippen molar-refractivity contribution in [3.8, 4) is 0 Å². The molecule has 12 heavy (non-hydrogen) atoms. The Hall–Kier alpha value is -1.06. The van der Waals surface area contributed by atoms with Crippen molar-refractivity contribution >= 4 is 11.7 Å². The molecule has 1 aliphatic rings. The average Bonchev–Trinajstić information content (AvgIpc) is 2.01. The lowest BCUT2D eigenvalue weighted by Gasteiger charge is -2.17. The Kier molecular flexibility index (Phi) is 3.08. The van der Waals surface area contributed by atoms with Gasteiger partial charge < -0.3 is 11.5 Å². The first-order valence-electron chi connectivity index (χ1n) is 4.33. The van der Waals surface area contributed by atoms with Gasteiger partial charge in [-0.25, -0.2) is 0 Å². The van der Waals surface area contributed by atoms with Crippen LogP contribution >= 0.6 is 0 Å². The van der Waals surface area contributed by atoms with Crippen molar-refractivity contribution < 1.29 is 0 Å². The Bertz CT molecular complexity index is 203. The van der Waals surface area contributed by atoms with E-state index in [9.17, 15) is 0 Å². The van der Waals surface area contributed by atoms with Crippen LogP contribution in [0.15, 0.2) is 10.2 Å². The molecule has 0 bridgehead atoms. The van der Waals surface area contributed by atoms with E-state index in [1.165, 1.54) is 12.8 Å². The van der Waals surface area contributed by atoms with Crippen molar-refractivity contribution in [2.45, 2.75) is 32.6 Å². The Morgan fingerprint density at radius 2 is 2.25 bits per heavy atom. The topological polar surface area (TPSA) is 76.8 Å². The van der Waals surface area contributed by atoms with Gasteiger partial charge in [-0.2, -0.15) is 5.10 Å². The molecule has 4 N–H and O–H groups in total. The molecule has 4 nitrogen and oxygen atoms in total. The Balaban J connectivity index is 2.51. The van der Waals surface area contributed by atoms with E-state index in [1.54, 1.807) is 0 Å². The second kappa shape index (κ2) is 4.09. The molecule has 1 fully saturated rings. The van der Waals surface area contributed by atoms with Crippen LogP contribution in [0.25, 0.3) is 0 Å². The number of hydrogen-bond donors (Lipinski definition) is 2. The summed E-state index contributed by atoms with van der Waals surface area (Å²) in [6.45, 7) is 2.23. The summed E-state index contributed by atoms with van der Waals surface area (Å²) in [7, 11) is 0. The fraction of sp³-hybridized carbons (Fsp3) is 0.750. The molecule has 0 spiro atoms. The van der Waals surface area contributed by atoms with E-state index < -0.39 is 0 Å². The zero-order valence-electron chi connectivity index (χ0n) is 7.45. The van der Waals surface area contributed by atoms with Gasteiger partial charge in [0.05, 0.1) is 0 Å². The van der Waals surface area contributed by atoms with Gasteiger partial charge in [0.25, 0.3) is 0 Å². The second-order valence-electron chi connectivity index (χ2n) is 3.39. The van der Waals surface area contributed by atoms with E-state index >= 15 is 0 Å². The van der Waals surface area contributed by atoms with Crippen molar-refractivity contribution in [1.29, 1.82) is 0 Å². The molecule has 1 saturated carbocycles. The lowest BCUT2D eigenvalue weighted by atomic mass is 9.89. The number of rotatable bonds is 1. The van der Waals surface area contributed by atoms with E-state index in [1.807, 2.05) is 0 Å². The Labute approximate surface area is 72.7 Å². The molecule has 1 aliphatic carbocycles. The van der Waals surface area contributed by atoms with Crippen LogP contribution in [0, 0.1) is 5.92 Å². The van der Waals surface area contributed by atoms with Crippen molar-refractivity contribution in [3.05, 3.63) is 0 Å². The fourth-order valence-electron chi connectivity index (χ4n) is 1.48. The maximum atomic E-state index is 5.16. The number of hydrogen-bond acceptors (Lipinski definition) is 2. The molecule has 0 aromatic heterocycles. The molecule has 0 saturated heterocycles. The van der Waals surface area contributed by atoms with Gasteiger partial charge in [-0.1, -0.05) is 6.92 Å². The number of nitrogens with two attached hydrogens (primary N) is 2. The second-order valence-corrected chi connectivity index (χ2v) is 3.39. The molecular formula is C8H16N4. The summed E-state index contributed by atoms with van der Waals surface area (Å²) in [5.74, 6) is 0.771. The zero-order valence-corrected chi connectivity index (χ0v) is 7.45. The van der Waals surface area contributed by atoms with Crippen LogP contribution in [0.2, 0.25) is 0 Å². The molecule has 68 valence electrons. The van der Waals surface area contributed by atoms with Gasteiger partial charge in [0, 0.05) is 5.71 Å². The van der Waals surface area contributed by atoms with Crippen molar-refractivity contribution in [1.82, 2.24) is 0 Å². The van der Waals surface area contributed by atoms with Crippen LogP contribution in [0.1, 0.15) is 32.6 Å². The maximum Gasteiger partial charge on any atom is 0.211 e. The van der Waals surface area contributed by atoms with E-state index in [2.05, 4.69) is 17.1 Å². The van der Waals surface area contributed by atoms with Gasteiger partial charge in [-0.05, 0) is 31.6 Å². The van der Waals surface area contributed by atoms with Crippen molar-refractivity contribution in [2.75, 3.05) is 0 Å². The number of nitrogens with zero attached hydrogens (tertiary/aromatic N) is 2. The molecule has 0 amide bonds. The van der Waals surface area contributed by atoms with Gasteiger partial charge in [0.15, 0.2) is 0 Å². The minimum atomic E-state index is 0.0423. The standard InChI is InChI=1S/C8H16N4/c1-6-3-2-4-7(5-6)11-12-8(9)10/h6H,2-5H2,1H3,(H4,9,10,12). The van der Waals surface area contributed by atoms with Crippen molar-refractivity contribution in [3.63, 3.8) is 0 Å². The fourth-order valence-corrected chi connectivity index (χ4v) is 1.48. The van der Waals surface area contributed by atoms with Crippen LogP contribution in [0.5, 0.6) is 0 Å². The molecule has 1 atom stereocenters. The van der Waals surface area contributed by atoms with Gasteiger partial charge in [0.2, 0.25) is 5.96 Å². The first-order valence-corrected chi connectivity index (χ1v) is 4.33. The largest absolute Gasteiger partial charge is 0.369 e. The van der Waals surface area contributed by atoms with E-state index in [-0.39, 0.29) is 5.96 Å². The molecular weight excluding hydrogens is 152 g/mol. The molecule has 0 radical (unpaired) electrons. The summed E-state index contributed by atoms with van der Waals surface area (Å²) in [6.07, 6.45) is 4.58. The predicted molar refractivity (Wildman–Crippen MR) is 50.9 cm³/mol. The van der Waals surface area contributed by atoms with Gasteiger partial charge in [-0.3, -0.25) is 0 Å². The summed E-state index contributed by atoms with van der Waals surface area (Å²) >= 11 is 0. The van der Waals surface area contributed by atoms with Gasteiger partial charge in [0.1, 0.15) is 0 Å². The quantitative estimate of drug-likeness (QED) is 0.345.